The molecule has 2 N–H and O–H groups in total. The molecule has 2 aromatic carbocycles. The van der Waals surface area contributed by atoms with E-state index in [1.807, 2.05) is 0 Å². The van der Waals surface area contributed by atoms with Crippen LogP contribution in [0.15, 0.2) is 47.4 Å². The predicted octanol–water partition coefficient (Wildman–Crippen LogP) is 3.14. The van der Waals surface area contributed by atoms with Crippen LogP contribution in [0.25, 0.3) is 0 Å². The molecule has 5 nitrogen and oxygen atoms in total. The molecular formula is C13H11ClN2O3S. The molecular weight excluding hydrogens is 300 g/mol. The average Bonchev–Trinajstić information content (AvgIpc) is 2.43. The summed E-state index contributed by atoms with van der Waals surface area (Å²) >= 11 is 6.02. The lowest BCUT2D eigenvalue weighted by Crippen LogP contribution is -1.99. The summed E-state index contributed by atoms with van der Waals surface area (Å²) in [7, 11) is -1.34. The fraction of sp³-hybridized carbons (Fsp3) is 0.0769. The first kappa shape index (κ1) is 14.5. The van der Waals surface area contributed by atoms with E-state index in [2.05, 4.69) is 0 Å². The van der Waals surface area contributed by atoms with Gasteiger partial charge in [0.05, 0.1) is 21.5 Å². The lowest BCUT2D eigenvalue weighted by atomic mass is 10.2. The van der Waals surface area contributed by atoms with Crippen LogP contribution in [-0.4, -0.2) is 9.13 Å². The minimum atomic E-state index is -1.34. The largest absolute Gasteiger partial charge is 0.399 e. The van der Waals surface area contributed by atoms with Crippen molar-refractivity contribution in [1.82, 2.24) is 0 Å². The van der Waals surface area contributed by atoms with E-state index in [0.29, 0.717) is 21.2 Å². The Bertz CT molecular complexity index is 674. The minimum Gasteiger partial charge on any atom is -0.399 e. The maximum absolute atomic E-state index is 12.2. The lowest BCUT2D eigenvalue weighted by Gasteiger charge is -2.06. The van der Waals surface area contributed by atoms with Crippen LogP contribution in [0.5, 0.6) is 0 Å². The number of nitro groups is 1. The van der Waals surface area contributed by atoms with E-state index in [-0.39, 0.29) is 11.4 Å². The molecule has 0 bridgehead atoms. The average molecular weight is 311 g/mol. The number of nitrogen functional groups attached to an aromatic ring is 1. The Morgan fingerprint density at radius 1 is 1.20 bits per heavy atom. The predicted molar refractivity (Wildman–Crippen MR) is 79.1 cm³/mol. The summed E-state index contributed by atoms with van der Waals surface area (Å²) in [6, 6.07) is 10.6. The fourth-order valence-electron chi connectivity index (χ4n) is 1.65. The zero-order valence-corrected chi connectivity index (χ0v) is 11.9. The Morgan fingerprint density at radius 3 is 2.45 bits per heavy atom. The Balaban J connectivity index is 2.19. The van der Waals surface area contributed by atoms with Gasteiger partial charge in [0, 0.05) is 27.7 Å². The number of nitrogens with zero attached hydrogens (tertiary/aromatic N) is 1. The van der Waals surface area contributed by atoms with Gasteiger partial charge in [0.15, 0.2) is 0 Å². The Morgan fingerprint density at radius 2 is 1.85 bits per heavy atom. The second kappa shape index (κ2) is 6.02. The summed E-state index contributed by atoms with van der Waals surface area (Å²) in [4.78, 5) is 10.6. The Labute approximate surface area is 123 Å². The Hall–Kier alpha value is -1.92. The lowest BCUT2D eigenvalue weighted by molar-refractivity contribution is -0.384. The molecule has 0 aromatic heterocycles. The molecule has 0 saturated heterocycles. The van der Waals surface area contributed by atoms with Crippen LogP contribution in [0.1, 0.15) is 5.56 Å². The molecule has 7 heteroatoms. The zero-order chi connectivity index (χ0) is 14.7. The maximum atomic E-state index is 12.2. The number of anilines is 1. The normalized spacial score (nSPS) is 12.1. The zero-order valence-electron chi connectivity index (χ0n) is 10.3. The van der Waals surface area contributed by atoms with Crippen molar-refractivity contribution in [3.05, 3.63) is 63.2 Å². The van der Waals surface area contributed by atoms with Crippen molar-refractivity contribution < 1.29 is 9.13 Å². The SMILES string of the molecule is Nc1ccc(Cl)c(CS(=O)c2ccc([N+](=O)[O-])cc2)c1. The van der Waals surface area contributed by atoms with E-state index in [4.69, 9.17) is 17.3 Å². The second-order valence-corrected chi connectivity index (χ2v) is 5.95. The quantitative estimate of drug-likeness (QED) is 0.534. The van der Waals surface area contributed by atoms with Gasteiger partial charge in [-0.05, 0) is 35.9 Å². The summed E-state index contributed by atoms with van der Waals surface area (Å²) < 4.78 is 12.2. The summed E-state index contributed by atoms with van der Waals surface area (Å²) in [5, 5.41) is 11.0. The number of nitrogens with two attached hydrogens (primary N) is 1. The van der Waals surface area contributed by atoms with Crippen LogP contribution >= 0.6 is 11.6 Å². The molecule has 0 fully saturated rings. The van der Waals surface area contributed by atoms with Crippen molar-refractivity contribution >= 4 is 33.8 Å². The smallest absolute Gasteiger partial charge is 0.269 e. The van der Waals surface area contributed by atoms with Crippen molar-refractivity contribution in [1.29, 1.82) is 0 Å². The number of hydrogen-bond acceptors (Lipinski definition) is 4. The summed E-state index contributed by atoms with van der Waals surface area (Å²) in [5.41, 5.74) is 6.86. The van der Waals surface area contributed by atoms with Crippen LogP contribution in [0.2, 0.25) is 5.02 Å². The summed E-state index contributed by atoms with van der Waals surface area (Å²) in [5.74, 6) is 0.210. The maximum Gasteiger partial charge on any atom is 0.269 e. The van der Waals surface area contributed by atoms with Gasteiger partial charge in [-0.3, -0.25) is 14.3 Å². The van der Waals surface area contributed by atoms with Crippen LogP contribution < -0.4 is 5.73 Å². The van der Waals surface area contributed by atoms with Gasteiger partial charge in [0.25, 0.3) is 5.69 Å². The standard InChI is InChI=1S/C13H11ClN2O3S/c14-13-6-1-10(15)7-9(13)8-20(19)12-4-2-11(3-5-12)16(17)18/h1-7H,8,15H2. The molecule has 0 radical (unpaired) electrons. The van der Waals surface area contributed by atoms with Crippen molar-refractivity contribution in [2.45, 2.75) is 10.6 Å². The number of non-ortho nitro benzene ring substituents is 1. The molecule has 20 heavy (non-hydrogen) atoms. The molecule has 1 atom stereocenters. The highest BCUT2D eigenvalue weighted by Crippen LogP contribution is 2.23. The van der Waals surface area contributed by atoms with Gasteiger partial charge in [-0.15, -0.1) is 0 Å². The van der Waals surface area contributed by atoms with Crippen LogP contribution in [-0.2, 0) is 16.6 Å². The molecule has 0 saturated carbocycles. The molecule has 2 rings (SSSR count). The van der Waals surface area contributed by atoms with Crippen LogP contribution in [0.3, 0.4) is 0 Å². The first-order valence-electron chi connectivity index (χ1n) is 5.64. The number of benzene rings is 2. The molecule has 0 spiro atoms. The molecule has 0 aliphatic heterocycles. The van der Waals surface area contributed by atoms with E-state index in [1.165, 1.54) is 24.3 Å². The highest BCUT2D eigenvalue weighted by atomic mass is 35.5. The molecule has 0 aliphatic carbocycles. The molecule has 2 aromatic rings. The number of halogens is 1. The number of rotatable bonds is 4. The van der Waals surface area contributed by atoms with Gasteiger partial charge in [0.2, 0.25) is 0 Å². The molecule has 0 amide bonds. The Kier molecular flexibility index (Phi) is 4.36. The molecule has 1 unspecified atom stereocenters. The van der Waals surface area contributed by atoms with E-state index < -0.39 is 15.7 Å². The highest BCUT2D eigenvalue weighted by molar-refractivity contribution is 7.84. The van der Waals surface area contributed by atoms with Crippen LogP contribution in [0, 0.1) is 10.1 Å². The molecule has 0 aliphatic rings. The van der Waals surface area contributed by atoms with Crippen LogP contribution in [0.4, 0.5) is 11.4 Å². The van der Waals surface area contributed by atoms with E-state index >= 15 is 0 Å². The third kappa shape index (κ3) is 3.34. The van der Waals surface area contributed by atoms with Gasteiger partial charge in [0.1, 0.15) is 0 Å². The first-order valence-corrected chi connectivity index (χ1v) is 7.34. The van der Waals surface area contributed by atoms with Gasteiger partial charge in [-0.2, -0.15) is 0 Å². The number of nitro benzene ring substituents is 1. The highest BCUT2D eigenvalue weighted by Gasteiger charge is 2.11. The monoisotopic (exact) mass is 310 g/mol. The van der Waals surface area contributed by atoms with Gasteiger partial charge in [-0.25, -0.2) is 0 Å². The second-order valence-electron chi connectivity index (χ2n) is 4.09. The van der Waals surface area contributed by atoms with Gasteiger partial charge >= 0.3 is 0 Å². The van der Waals surface area contributed by atoms with Crippen molar-refractivity contribution in [2.75, 3.05) is 5.73 Å². The van der Waals surface area contributed by atoms with E-state index in [0.717, 1.165) is 0 Å². The molecule has 0 heterocycles. The topological polar surface area (TPSA) is 86.2 Å². The summed E-state index contributed by atoms with van der Waals surface area (Å²) in [6.45, 7) is 0. The third-order valence-electron chi connectivity index (χ3n) is 2.67. The fourth-order valence-corrected chi connectivity index (χ4v) is 3.04. The summed E-state index contributed by atoms with van der Waals surface area (Å²) in [6.07, 6.45) is 0. The molecule has 104 valence electrons. The first-order chi connectivity index (χ1) is 9.47. The number of hydrogen-bond donors (Lipinski definition) is 1. The van der Waals surface area contributed by atoms with E-state index in [1.54, 1.807) is 18.2 Å². The van der Waals surface area contributed by atoms with Crippen molar-refractivity contribution in [3.63, 3.8) is 0 Å². The van der Waals surface area contributed by atoms with Gasteiger partial charge in [-0.1, -0.05) is 11.6 Å². The van der Waals surface area contributed by atoms with Gasteiger partial charge < -0.3 is 5.73 Å². The van der Waals surface area contributed by atoms with E-state index in [9.17, 15) is 14.3 Å². The van der Waals surface area contributed by atoms with Crippen molar-refractivity contribution in [2.24, 2.45) is 0 Å². The minimum absolute atomic E-state index is 0.0345. The van der Waals surface area contributed by atoms with Crippen molar-refractivity contribution in [3.8, 4) is 0 Å². The third-order valence-corrected chi connectivity index (χ3v) is 4.41.